The lowest BCUT2D eigenvalue weighted by Crippen LogP contribution is -2.10. The van der Waals surface area contributed by atoms with Gasteiger partial charge in [-0.05, 0) is 35.4 Å². The van der Waals surface area contributed by atoms with Gasteiger partial charge in [-0.1, -0.05) is 18.2 Å². The summed E-state index contributed by atoms with van der Waals surface area (Å²) in [6, 6.07) is 10.8. The molecule has 5 nitrogen and oxygen atoms in total. The standard InChI is InChI=1S/C14H11NO4/c15-13(17)10-3-1-2-8(6-10)9-4-5-11(14(18)19)12(16)7-9/h1-7,16H,(H2,15,17)(H,18,19). The number of carboxylic acid groups (broad SMARTS) is 1. The molecule has 0 bridgehead atoms. The zero-order valence-electron chi connectivity index (χ0n) is 9.83. The predicted octanol–water partition coefficient (Wildman–Crippen LogP) is 1.86. The summed E-state index contributed by atoms with van der Waals surface area (Å²) in [7, 11) is 0. The molecular formula is C14H11NO4. The molecule has 0 atom stereocenters. The highest BCUT2D eigenvalue weighted by Crippen LogP contribution is 2.27. The number of hydrogen-bond donors (Lipinski definition) is 3. The van der Waals surface area contributed by atoms with Crippen molar-refractivity contribution in [3.63, 3.8) is 0 Å². The van der Waals surface area contributed by atoms with Crippen LogP contribution in [0.1, 0.15) is 20.7 Å². The topological polar surface area (TPSA) is 101 Å². The molecule has 0 aliphatic heterocycles. The van der Waals surface area contributed by atoms with Crippen molar-refractivity contribution in [1.82, 2.24) is 0 Å². The van der Waals surface area contributed by atoms with Crippen molar-refractivity contribution >= 4 is 11.9 Å². The Morgan fingerprint density at radius 3 is 2.26 bits per heavy atom. The number of hydrogen-bond acceptors (Lipinski definition) is 3. The van der Waals surface area contributed by atoms with Gasteiger partial charge in [0.05, 0.1) is 0 Å². The largest absolute Gasteiger partial charge is 0.507 e. The Balaban J connectivity index is 2.48. The van der Waals surface area contributed by atoms with E-state index in [1.807, 2.05) is 0 Å². The van der Waals surface area contributed by atoms with Gasteiger partial charge in [-0.15, -0.1) is 0 Å². The van der Waals surface area contributed by atoms with E-state index in [0.717, 1.165) is 0 Å². The SMILES string of the molecule is NC(=O)c1cccc(-c2ccc(C(=O)O)c(O)c2)c1. The van der Waals surface area contributed by atoms with Crippen LogP contribution < -0.4 is 5.73 Å². The van der Waals surface area contributed by atoms with Crippen LogP contribution in [0.4, 0.5) is 0 Å². The second-order valence-electron chi connectivity index (χ2n) is 3.98. The van der Waals surface area contributed by atoms with E-state index in [2.05, 4.69) is 0 Å². The molecule has 2 aromatic carbocycles. The zero-order chi connectivity index (χ0) is 14.0. The molecule has 96 valence electrons. The zero-order valence-corrected chi connectivity index (χ0v) is 9.83. The van der Waals surface area contributed by atoms with E-state index < -0.39 is 11.9 Å². The van der Waals surface area contributed by atoms with Crippen molar-refractivity contribution in [2.24, 2.45) is 5.73 Å². The Labute approximate surface area is 108 Å². The number of nitrogens with two attached hydrogens (primary N) is 1. The molecule has 0 radical (unpaired) electrons. The molecular weight excluding hydrogens is 246 g/mol. The van der Waals surface area contributed by atoms with E-state index in [9.17, 15) is 14.7 Å². The molecule has 4 N–H and O–H groups in total. The molecule has 2 rings (SSSR count). The van der Waals surface area contributed by atoms with E-state index in [4.69, 9.17) is 10.8 Å². The van der Waals surface area contributed by atoms with E-state index in [1.54, 1.807) is 30.3 Å². The first kappa shape index (κ1) is 12.6. The highest BCUT2D eigenvalue weighted by molar-refractivity contribution is 5.95. The summed E-state index contributed by atoms with van der Waals surface area (Å²) in [5, 5.41) is 18.5. The normalized spacial score (nSPS) is 10.1. The van der Waals surface area contributed by atoms with Gasteiger partial charge in [-0.3, -0.25) is 4.79 Å². The molecule has 0 aromatic heterocycles. The molecule has 0 aliphatic carbocycles. The quantitative estimate of drug-likeness (QED) is 0.781. The summed E-state index contributed by atoms with van der Waals surface area (Å²) >= 11 is 0. The number of phenols is 1. The third-order valence-electron chi connectivity index (χ3n) is 2.71. The molecule has 0 saturated heterocycles. The summed E-state index contributed by atoms with van der Waals surface area (Å²) in [4.78, 5) is 21.9. The highest BCUT2D eigenvalue weighted by atomic mass is 16.4. The van der Waals surface area contributed by atoms with E-state index >= 15 is 0 Å². The second-order valence-corrected chi connectivity index (χ2v) is 3.98. The fraction of sp³-hybridized carbons (Fsp3) is 0. The maximum Gasteiger partial charge on any atom is 0.339 e. The molecule has 2 aromatic rings. The van der Waals surface area contributed by atoms with E-state index in [1.165, 1.54) is 12.1 Å². The minimum Gasteiger partial charge on any atom is -0.507 e. The fourth-order valence-corrected chi connectivity index (χ4v) is 1.74. The monoisotopic (exact) mass is 257 g/mol. The smallest absolute Gasteiger partial charge is 0.339 e. The van der Waals surface area contributed by atoms with Gasteiger partial charge in [0.25, 0.3) is 0 Å². The minimum atomic E-state index is -1.20. The van der Waals surface area contributed by atoms with Gasteiger partial charge in [0.15, 0.2) is 0 Å². The van der Waals surface area contributed by atoms with Crippen LogP contribution in [0.25, 0.3) is 11.1 Å². The Morgan fingerprint density at radius 2 is 1.68 bits per heavy atom. The van der Waals surface area contributed by atoms with E-state index in [0.29, 0.717) is 16.7 Å². The first-order chi connectivity index (χ1) is 8.99. The van der Waals surface area contributed by atoms with Crippen molar-refractivity contribution in [3.8, 4) is 16.9 Å². The van der Waals surface area contributed by atoms with Gasteiger partial charge in [0, 0.05) is 5.56 Å². The number of rotatable bonds is 3. The third-order valence-corrected chi connectivity index (χ3v) is 2.71. The van der Waals surface area contributed by atoms with Crippen LogP contribution in [0.3, 0.4) is 0 Å². The molecule has 0 unspecified atom stereocenters. The summed E-state index contributed by atoms with van der Waals surface area (Å²) in [6.07, 6.45) is 0. The van der Waals surface area contributed by atoms with Crippen molar-refractivity contribution in [1.29, 1.82) is 0 Å². The summed E-state index contributed by atoms with van der Waals surface area (Å²) in [5.74, 6) is -2.07. The molecule has 0 spiro atoms. The Morgan fingerprint density at radius 1 is 1.00 bits per heavy atom. The molecule has 0 aliphatic rings. The number of benzene rings is 2. The third kappa shape index (κ3) is 2.55. The Kier molecular flexibility index (Phi) is 3.20. The number of primary amides is 1. The van der Waals surface area contributed by atoms with Crippen LogP contribution in [-0.4, -0.2) is 22.1 Å². The van der Waals surface area contributed by atoms with Crippen molar-refractivity contribution in [2.75, 3.05) is 0 Å². The lowest BCUT2D eigenvalue weighted by Gasteiger charge is -2.06. The van der Waals surface area contributed by atoms with Crippen molar-refractivity contribution in [2.45, 2.75) is 0 Å². The van der Waals surface area contributed by atoms with Crippen LogP contribution in [0, 0.1) is 0 Å². The number of amides is 1. The van der Waals surface area contributed by atoms with Gasteiger partial charge in [-0.2, -0.15) is 0 Å². The van der Waals surface area contributed by atoms with Crippen LogP contribution in [0.2, 0.25) is 0 Å². The number of carboxylic acids is 1. The van der Waals surface area contributed by atoms with Gasteiger partial charge >= 0.3 is 5.97 Å². The van der Waals surface area contributed by atoms with Crippen LogP contribution in [0.15, 0.2) is 42.5 Å². The van der Waals surface area contributed by atoms with Gasteiger partial charge < -0.3 is 15.9 Å². The average Bonchev–Trinajstić information content (AvgIpc) is 2.38. The maximum absolute atomic E-state index is 11.1. The average molecular weight is 257 g/mol. The lowest BCUT2D eigenvalue weighted by molar-refractivity contribution is 0.0693. The van der Waals surface area contributed by atoms with Gasteiger partial charge in [0.1, 0.15) is 11.3 Å². The van der Waals surface area contributed by atoms with E-state index in [-0.39, 0.29) is 11.3 Å². The van der Waals surface area contributed by atoms with Crippen LogP contribution in [-0.2, 0) is 0 Å². The van der Waals surface area contributed by atoms with Crippen molar-refractivity contribution in [3.05, 3.63) is 53.6 Å². The maximum atomic E-state index is 11.1. The van der Waals surface area contributed by atoms with Crippen molar-refractivity contribution < 1.29 is 19.8 Å². The number of aromatic carboxylic acids is 1. The Hall–Kier alpha value is -2.82. The molecule has 0 saturated carbocycles. The number of carbonyl (C=O) groups is 2. The molecule has 19 heavy (non-hydrogen) atoms. The Bertz CT molecular complexity index is 664. The molecule has 0 heterocycles. The lowest BCUT2D eigenvalue weighted by atomic mass is 10.0. The van der Waals surface area contributed by atoms with Crippen LogP contribution in [0.5, 0.6) is 5.75 Å². The van der Waals surface area contributed by atoms with Gasteiger partial charge in [0.2, 0.25) is 5.91 Å². The first-order valence-electron chi connectivity index (χ1n) is 5.45. The summed E-state index contributed by atoms with van der Waals surface area (Å²) in [5.41, 5.74) is 6.64. The highest BCUT2D eigenvalue weighted by Gasteiger charge is 2.11. The summed E-state index contributed by atoms with van der Waals surface area (Å²) in [6.45, 7) is 0. The predicted molar refractivity (Wildman–Crippen MR) is 69.0 cm³/mol. The number of carbonyl (C=O) groups excluding carboxylic acids is 1. The molecule has 1 amide bonds. The molecule has 0 fully saturated rings. The summed E-state index contributed by atoms with van der Waals surface area (Å²) < 4.78 is 0. The van der Waals surface area contributed by atoms with Crippen LogP contribution >= 0.6 is 0 Å². The minimum absolute atomic E-state index is 0.171. The molecule has 5 heteroatoms. The second kappa shape index (κ2) is 4.81. The fourth-order valence-electron chi connectivity index (χ4n) is 1.74. The first-order valence-corrected chi connectivity index (χ1v) is 5.45. The number of aromatic hydroxyl groups is 1. The van der Waals surface area contributed by atoms with Gasteiger partial charge in [-0.25, -0.2) is 4.79 Å².